The molecule has 280 valence electrons. The largest absolute Gasteiger partial charge is 0.126 e. The van der Waals surface area contributed by atoms with Crippen LogP contribution in [-0.2, 0) is 24.2 Å². The van der Waals surface area contributed by atoms with Crippen LogP contribution in [0.5, 0.6) is 0 Å². The van der Waals surface area contributed by atoms with Crippen LogP contribution in [0, 0.1) is 0 Å². The second-order valence-corrected chi connectivity index (χ2v) is 24.0. The lowest BCUT2D eigenvalue weighted by molar-refractivity contribution is 1.24. The van der Waals surface area contributed by atoms with Crippen molar-refractivity contribution in [1.82, 2.24) is 0 Å². The number of hydrogen-bond acceptors (Lipinski definition) is 0. The molecule has 0 nitrogen and oxygen atoms in total. The Morgan fingerprint density at radius 2 is 0.397 bits per heavy atom. The first-order valence-electron chi connectivity index (χ1n) is 20.6. The topological polar surface area (TPSA) is 0 Å². The van der Waals surface area contributed by atoms with Crippen molar-refractivity contribution in [3.05, 3.63) is 263 Å². The summed E-state index contributed by atoms with van der Waals surface area (Å²) in [6, 6.07) is 86.6. The summed E-state index contributed by atoms with van der Waals surface area (Å²) < 4.78 is 0. The monoisotopic (exact) mass is 776 g/mol. The highest BCUT2D eigenvalue weighted by molar-refractivity contribution is 7.02. The fourth-order valence-corrected chi connectivity index (χ4v) is 18.7. The van der Waals surface area contributed by atoms with E-state index in [2.05, 4.69) is 243 Å². The van der Waals surface area contributed by atoms with E-state index < -0.39 is 16.1 Å². The molecule has 0 saturated heterocycles. The summed E-state index contributed by atoms with van der Waals surface area (Å²) in [5, 5.41) is 5.89. The Hall–Kier alpha value is -6.33. The highest BCUT2D eigenvalue weighted by Gasteiger charge is 2.39. The van der Waals surface area contributed by atoms with Crippen LogP contribution in [0.2, 0.25) is 0 Å². The van der Waals surface area contributed by atoms with Gasteiger partial charge in [-0.1, -0.05) is 263 Å². The van der Waals surface area contributed by atoms with Gasteiger partial charge in [0.05, 0.1) is 0 Å². The molecule has 0 saturated carbocycles. The van der Waals surface area contributed by atoms with E-state index in [-0.39, 0.29) is 0 Å². The smallest absolute Gasteiger partial charge is 0.0626 e. The lowest BCUT2D eigenvalue weighted by atomic mass is 10.1. The van der Waals surface area contributed by atoms with E-state index in [1.54, 1.807) is 0 Å². The zero-order valence-corrected chi connectivity index (χ0v) is 34.9. The standard InChI is InChI=1S/C56H48Si2/c1-5-13-53(14-6-1)57(54-15-7-2-8-16-54)41-49-33-25-45(26-34-49)21-23-47-29-37-51(38-30-47)43-58(55-17-9-3-10-18-55,56-19-11-4-12-20-56)44-52-39-31-48(32-40-52)24-22-46-27-35-50(42-57)36-28-46/h1-40H,41-44H2/b23-21-,24-22-. The van der Waals surface area contributed by atoms with Gasteiger partial charge in [-0.15, -0.1) is 0 Å². The Morgan fingerprint density at radius 1 is 0.207 bits per heavy atom. The summed E-state index contributed by atoms with van der Waals surface area (Å²) in [6.45, 7) is 0. The Kier molecular flexibility index (Phi) is 10.9. The second-order valence-electron chi connectivity index (χ2n) is 16.0. The van der Waals surface area contributed by atoms with Crippen LogP contribution in [0.25, 0.3) is 24.3 Å². The van der Waals surface area contributed by atoms with Crippen molar-refractivity contribution < 1.29 is 0 Å². The van der Waals surface area contributed by atoms with Crippen molar-refractivity contribution in [2.45, 2.75) is 24.2 Å². The fraction of sp³-hybridized carbons (Fsp3) is 0.0714. The van der Waals surface area contributed by atoms with Gasteiger partial charge in [0.1, 0.15) is 16.1 Å². The molecule has 7 aliphatic rings. The van der Waals surface area contributed by atoms with E-state index in [1.807, 2.05) is 0 Å². The molecule has 0 aromatic heterocycles. The molecule has 0 atom stereocenters. The normalized spacial score (nSPS) is 15.9. The summed E-state index contributed by atoms with van der Waals surface area (Å²) in [5.41, 5.74) is 10.4. The van der Waals surface area contributed by atoms with E-state index in [9.17, 15) is 0 Å². The van der Waals surface area contributed by atoms with Crippen molar-refractivity contribution >= 4 is 61.2 Å². The maximum Gasteiger partial charge on any atom is 0.126 e. The van der Waals surface area contributed by atoms with Gasteiger partial charge in [-0.3, -0.25) is 0 Å². The SMILES string of the molecule is C1=C\c2ccc(cc2)C[Si](c2ccccc2)(c2ccccc2)Cc2ccc(cc2)/C=C\c2ccc(cc2)C[Si](c2ccccc2)(c2ccccc2)Cc2ccc/1cc2. The van der Waals surface area contributed by atoms with Gasteiger partial charge in [-0.05, 0) is 68.7 Å². The highest BCUT2D eigenvalue weighted by atomic mass is 28.3. The minimum atomic E-state index is -2.30. The Balaban J connectivity index is 1.13. The quantitative estimate of drug-likeness (QED) is 0.156. The number of benzene rings is 8. The average molecular weight is 777 g/mol. The van der Waals surface area contributed by atoms with Crippen LogP contribution in [0.3, 0.4) is 0 Å². The van der Waals surface area contributed by atoms with Gasteiger partial charge >= 0.3 is 0 Å². The zero-order chi connectivity index (χ0) is 39.0. The Bertz CT molecular complexity index is 2220. The van der Waals surface area contributed by atoms with Crippen LogP contribution in [0.15, 0.2) is 218 Å². The fourth-order valence-electron chi connectivity index (χ4n) is 9.07. The van der Waals surface area contributed by atoms with Crippen molar-refractivity contribution in [2.75, 3.05) is 0 Å². The molecule has 7 heterocycles. The third-order valence-corrected chi connectivity index (χ3v) is 22.0. The third kappa shape index (κ3) is 8.22. The minimum Gasteiger partial charge on any atom is -0.0626 e. The molecule has 8 bridgehead atoms. The Morgan fingerprint density at radius 3 is 0.586 bits per heavy atom. The molecule has 0 spiro atoms. The van der Waals surface area contributed by atoms with E-state index in [0.717, 1.165) is 24.2 Å². The van der Waals surface area contributed by atoms with E-state index in [4.69, 9.17) is 0 Å². The molecule has 7 aliphatic heterocycles. The van der Waals surface area contributed by atoms with Gasteiger partial charge in [0.2, 0.25) is 0 Å². The summed E-state index contributed by atoms with van der Waals surface area (Å²) in [4.78, 5) is 0. The zero-order valence-electron chi connectivity index (χ0n) is 32.9. The predicted octanol–water partition coefficient (Wildman–Crippen LogP) is 10.6. The van der Waals surface area contributed by atoms with Crippen LogP contribution in [0.4, 0.5) is 0 Å². The molecule has 0 amide bonds. The summed E-state index contributed by atoms with van der Waals surface area (Å²) in [6.07, 6.45) is 9.03. The van der Waals surface area contributed by atoms with Crippen molar-refractivity contribution in [3.8, 4) is 0 Å². The van der Waals surface area contributed by atoms with Gasteiger partial charge in [-0.25, -0.2) is 0 Å². The van der Waals surface area contributed by atoms with Gasteiger partial charge in [-0.2, -0.15) is 0 Å². The molecule has 8 aromatic carbocycles. The second kappa shape index (κ2) is 17.0. The highest BCUT2D eigenvalue weighted by Crippen LogP contribution is 2.24. The molecular formula is C56H48Si2. The summed E-state index contributed by atoms with van der Waals surface area (Å²) in [7, 11) is -4.61. The van der Waals surface area contributed by atoms with Crippen molar-refractivity contribution in [2.24, 2.45) is 0 Å². The minimum absolute atomic E-state index is 1.03. The predicted molar refractivity (Wildman–Crippen MR) is 254 cm³/mol. The number of rotatable bonds is 4. The van der Waals surface area contributed by atoms with E-state index >= 15 is 0 Å². The van der Waals surface area contributed by atoms with Gasteiger partial charge in [0.15, 0.2) is 0 Å². The maximum atomic E-state index is 2.37. The Labute approximate surface area is 346 Å². The van der Waals surface area contributed by atoms with Crippen LogP contribution in [-0.4, -0.2) is 16.1 Å². The maximum absolute atomic E-state index is 2.37. The molecule has 2 heteroatoms. The van der Waals surface area contributed by atoms with Crippen molar-refractivity contribution in [3.63, 3.8) is 0 Å². The molecule has 8 aromatic rings. The van der Waals surface area contributed by atoms with Crippen LogP contribution >= 0.6 is 0 Å². The molecule has 0 aliphatic carbocycles. The van der Waals surface area contributed by atoms with E-state index in [1.165, 1.54) is 65.3 Å². The first kappa shape index (κ1) is 37.3. The molecule has 58 heavy (non-hydrogen) atoms. The third-order valence-electron chi connectivity index (χ3n) is 12.2. The molecule has 0 radical (unpaired) electrons. The van der Waals surface area contributed by atoms with Gasteiger partial charge in [0, 0.05) is 0 Å². The molecule has 0 unspecified atom stereocenters. The molecule has 15 rings (SSSR count). The lowest BCUT2D eigenvalue weighted by Gasteiger charge is -2.34. The summed E-state index contributed by atoms with van der Waals surface area (Å²) >= 11 is 0. The lowest BCUT2D eigenvalue weighted by Crippen LogP contribution is -2.62. The van der Waals surface area contributed by atoms with E-state index in [0.29, 0.717) is 0 Å². The van der Waals surface area contributed by atoms with Gasteiger partial charge in [0.25, 0.3) is 0 Å². The molecule has 0 fully saturated rings. The number of hydrogen-bond donors (Lipinski definition) is 0. The summed E-state index contributed by atoms with van der Waals surface area (Å²) in [5.74, 6) is 0. The molecule has 0 N–H and O–H groups in total. The average Bonchev–Trinajstić information content (AvgIpc) is 3.30. The molecular weight excluding hydrogens is 729 g/mol. The van der Waals surface area contributed by atoms with Crippen molar-refractivity contribution in [1.29, 1.82) is 0 Å². The first-order chi connectivity index (χ1) is 28.6. The van der Waals surface area contributed by atoms with Gasteiger partial charge < -0.3 is 0 Å². The first-order valence-corrected chi connectivity index (χ1v) is 25.4. The van der Waals surface area contributed by atoms with Crippen LogP contribution in [0.1, 0.15) is 44.5 Å². The van der Waals surface area contributed by atoms with Crippen LogP contribution < -0.4 is 20.7 Å².